The Morgan fingerprint density at radius 3 is 2.56 bits per heavy atom. The Morgan fingerprint density at radius 2 is 2.00 bits per heavy atom. The van der Waals surface area contributed by atoms with Gasteiger partial charge in [-0.05, 0) is 31.3 Å². The summed E-state index contributed by atoms with van der Waals surface area (Å²) in [6.07, 6.45) is 6.29. The lowest BCUT2D eigenvalue weighted by Gasteiger charge is -2.38. The molecule has 0 N–H and O–H groups in total. The molecule has 1 amide bonds. The standard InChI is InChI=1S/C11H19IN2OS/c1-16-6-2-3-11(15)14-9-4-5-10(14)8-13(12)7-9/h9-10H,2-8H2,1H3. The summed E-state index contributed by atoms with van der Waals surface area (Å²) in [6.45, 7) is 2.12. The maximum atomic E-state index is 12.1. The van der Waals surface area contributed by atoms with Crippen LogP contribution >= 0.6 is 34.6 Å². The van der Waals surface area contributed by atoms with Gasteiger partial charge < -0.3 is 4.90 Å². The van der Waals surface area contributed by atoms with Crippen LogP contribution in [0.2, 0.25) is 0 Å². The summed E-state index contributed by atoms with van der Waals surface area (Å²) in [4.78, 5) is 14.3. The van der Waals surface area contributed by atoms with Crippen LogP contribution in [0.4, 0.5) is 0 Å². The van der Waals surface area contributed by atoms with Crippen LogP contribution in [0.3, 0.4) is 0 Å². The van der Waals surface area contributed by atoms with Crippen molar-refractivity contribution in [2.45, 2.75) is 37.8 Å². The van der Waals surface area contributed by atoms with Gasteiger partial charge in [0.2, 0.25) is 5.91 Å². The first-order valence-corrected chi connectivity index (χ1v) is 8.29. The molecule has 2 heterocycles. The van der Waals surface area contributed by atoms with E-state index < -0.39 is 0 Å². The number of piperazine rings is 1. The van der Waals surface area contributed by atoms with Crippen molar-refractivity contribution in [3.63, 3.8) is 0 Å². The van der Waals surface area contributed by atoms with E-state index in [9.17, 15) is 4.79 Å². The largest absolute Gasteiger partial charge is 0.334 e. The molecule has 0 radical (unpaired) electrons. The third kappa shape index (κ3) is 2.85. The fourth-order valence-corrected chi connectivity index (χ4v) is 4.10. The molecule has 2 unspecified atom stereocenters. The first-order chi connectivity index (χ1) is 7.72. The number of fused-ring (bicyclic) bond motifs is 2. The first kappa shape index (κ1) is 13.0. The van der Waals surface area contributed by atoms with Crippen LogP contribution in [0.5, 0.6) is 0 Å². The molecule has 0 saturated carbocycles. The number of halogens is 1. The van der Waals surface area contributed by atoms with Gasteiger partial charge >= 0.3 is 0 Å². The number of carbonyl (C=O) groups excluding carboxylic acids is 1. The highest BCUT2D eigenvalue weighted by Crippen LogP contribution is 2.32. The quantitative estimate of drug-likeness (QED) is 0.439. The minimum absolute atomic E-state index is 0.394. The zero-order chi connectivity index (χ0) is 11.5. The third-order valence-corrected chi connectivity index (χ3v) is 4.95. The van der Waals surface area contributed by atoms with E-state index in [1.807, 2.05) is 11.8 Å². The number of thioether (sulfide) groups is 1. The Balaban J connectivity index is 1.87. The van der Waals surface area contributed by atoms with Gasteiger partial charge in [0, 0.05) is 54.5 Å². The second kappa shape index (κ2) is 5.91. The molecule has 3 nitrogen and oxygen atoms in total. The van der Waals surface area contributed by atoms with E-state index in [1.165, 1.54) is 12.8 Å². The molecule has 2 fully saturated rings. The number of carbonyl (C=O) groups is 1. The minimum atomic E-state index is 0.394. The lowest BCUT2D eigenvalue weighted by Crippen LogP contribution is -2.53. The van der Waals surface area contributed by atoms with Gasteiger partial charge in [-0.1, -0.05) is 0 Å². The van der Waals surface area contributed by atoms with Gasteiger partial charge in [0.15, 0.2) is 0 Å². The molecule has 5 heteroatoms. The second-order valence-electron chi connectivity index (χ2n) is 4.61. The summed E-state index contributed by atoms with van der Waals surface area (Å²) in [5.41, 5.74) is 0. The van der Waals surface area contributed by atoms with Crippen LogP contribution in [0, 0.1) is 0 Å². The van der Waals surface area contributed by atoms with Crippen LogP contribution in [0.1, 0.15) is 25.7 Å². The van der Waals surface area contributed by atoms with Gasteiger partial charge in [-0.25, -0.2) is 3.11 Å². The molecule has 92 valence electrons. The molecular formula is C11H19IN2OS. The Kier molecular flexibility index (Phi) is 4.78. The van der Waals surface area contributed by atoms with Crippen LogP contribution in [-0.2, 0) is 4.79 Å². The van der Waals surface area contributed by atoms with Gasteiger partial charge in [0.05, 0.1) is 0 Å². The molecular weight excluding hydrogens is 335 g/mol. The van der Waals surface area contributed by atoms with Crippen molar-refractivity contribution in [3.8, 4) is 0 Å². The predicted octanol–water partition coefficient (Wildman–Crippen LogP) is 2.15. The molecule has 0 spiro atoms. The van der Waals surface area contributed by atoms with Gasteiger partial charge in [-0.3, -0.25) is 4.79 Å². The highest BCUT2D eigenvalue weighted by atomic mass is 127. The Morgan fingerprint density at radius 1 is 1.38 bits per heavy atom. The van der Waals surface area contributed by atoms with E-state index in [1.54, 1.807) is 0 Å². The average molecular weight is 354 g/mol. The van der Waals surface area contributed by atoms with Crippen molar-refractivity contribution in [1.82, 2.24) is 8.01 Å². The third-order valence-electron chi connectivity index (χ3n) is 3.46. The van der Waals surface area contributed by atoms with Gasteiger partial charge in [-0.2, -0.15) is 11.8 Å². The number of hydrogen-bond acceptors (Lipinski definition) is 3. The number of nitrogens with zero attached hydrogens (tertiary/aromatic N) is 2. The molecule has 0 aromatic heterocycles. The van der Waals surface area contributed by atoms with E-state index in [2.05, 4.69) is 37.1 Å². The molecule has 2 aliphatic heterocycles. The highest BCUT2D eigenvalue weighted by molar-refractivity contribution is 14.1. The summed E-state index contributed by atoms with van der Waals surface area (Å²) < 4.78 is 2.34. The van der Waals surface area contributed by atoms with E-state index in [0.29, 0.717) is 18.0 Å². The summed E-state index contributed by atoms with van der Waals surface area (Å²) >= 11 is 4.22. The second-order valence-corrected chi connectivity index (χ2v) is 6.96. The summed E-state index contributed by atoms with van der Waals surface area (Å²) in [5.74, 6) is 1.50. The maximum Gasteiger partial charge on any atom is 0.223 e. The Hall–Kier alpha value is 0.510. The van der Waals surface area contributed by atoms with Gasteiger partial charge in [0.1, 0.15) is 0 Å². The van der Waals surface area contributed by atoms with Crippen molar-refractivity contribution >= 4 is 40.5 Å². The summed E-state index contributed by atoms with van der Waals surface area (Å²) in [6, 6.07) is 0.995. The van der Waals surface area contributed by atoms with Crippen molar-refractivity contribution in [2.24, 2.45) is 0 Å². The average Bonchev–Trinajstić information content (AvgIpc) is 2.52. The van der Waals surface area contributed by atoms with Crippen molar-refractivity contribution in [2.75, 3.05) is 25.1 Å². The van der Waals surface area contributed by atoms with Crippen LogP contribution in [-0.4, -0.2) is 51.1 Å². The SMILES string of the molecule is CSCCCC(=O)N1C2CCC1CN(I)C2. The predicted molar refractivity (Wildman–Crippen MR) is 76.9 cm³/mol. The number of amides is 1. The molecule has 2 saturated heterocycles. The van der Waals surface area contributed by atoms with Crippen LogP contribution in [0.15, 0.2) is 0 Å². The zero-order valence-corrected chi connectivity index (χ0v) is 12.7. The van der Waals surface area contributed by atoms with E-state index in [4.69, 9.17) is 0 Å². The fourth-order valence-electron chi connectivity index (χ4n) is 2.76. The molecule has 2 bridgehead atoms. The first-order valence-electron chi connectivity index (χ1n) is 5.93. The Labute approximate surface area is 116 Å². The molecule has 16 heavy (non-hydrogen) atoms. The topological polar surface area (TPSA) is 23.6 Å². The fraction of sp³-hybridized carbons (Fsp3) is 0.909. The van der Waals surface area contributed by atoms with E-state index >= 15 is 0 Å². The molecule has 0 aromatic carbocycles. The normalized spacial score (nSPS) is 29.8. The van der Waals surface area contributed by atoms with Crippen LogP contribution in [0.25, 0.3) is 0 Å². The highest BCUT2D eigenvalue weighted by Gasteiger charge is 2.41. The molecule has 2 rings (SSSR count). The lowest BCUT2D eigenvalue weighted by molar-refractivity contribution is -0.135. The van der Waals surface area contributed by atoms with Crippen molar-refractivity contribution in [1.29, 1.82) is 0 Å². The maximum absolute atomic E-state index is 12.1. The van der Waals surface area contributed by atoms with Gasteiger partial charge in [-0.15, -0.1) is 0 Å². The van der Waals surface area contributed by atoms with E-state index in [-0.39, 0.29) is 0 Å². The van der Waals surface area contributed by atoms with E-state index in [0.717, 1.165) is 31.7 Å². The van der Waals surface area contributed by atoms with Gasteiger partial charge in [0.25, 0.3) is 0 Å². The van der Waals surface area contributed by atoms with Crippen molar-refractivity contribution < 1.29 is 4.79 Å². The monoisotopic (exact) mass is 354 g/mol. The smallest absolute Gasteiger partial charge is 0.223 e. The minimum Gasteiger partial charge on any atom is -0.334 e. The summed E-state index contributed by atoms with van der Waals surface area (Å²) in [5, 5.41) is 0. The Bertz CT molecular complexity index is 250. The molecule has 2 aliphatic rings. The molecule has 0 aliphatic carbocycles. The molecule has 2 atom stereocenters. The van der Waals surface area contributed by atoms with Crippen LogP contribution < -0.4 is 0 Å². The van der Waals surface area contributed by atoms with Crippen molar-refractivity contribution in [3.05, 3.63) is 0 Å². The summed E-state index contributed by atoms with van der Waals surface area (Å²) in [7, 11) is 0. The number of rotatable bonds is 4. The lowest BCUT2D eigenvalue weighted by atomic mass is 10.2. The molecule has 0 aromatic rings. The number of hydrogen-bond donors (Lipinski definition) is 0. The zero-order valence-electron chi connectivity index (χ0n) is 9.69.